The summed E-state index contributed by atoms with van der Waals surface area (Å²) in [6.45, 7) is 0. The number of fused-ring (bicyclic) bond motifs is 1. The molecule has 0 bridgehead atoms. The van der Waals surface area contributed by atoms with Gasteiger partial charge in [-0.1, -0.05) is 54.1 Å². The minimum atomic E-state index is -0.385. The van der Waals surface area contributed by atoms with Crippen molar-refractivity contribution in [2.45, 2.75) is 0 Å². The largest absolute Gasteiger partial charge is 0.507 e. The predicted molar refractivity (Wildman–Crippen MR) is 76.0 cm³/mol. The van der Waals surface area contributed by atoms with E-state index >= 15 is 0 Å². The smallest absolute Gasteiger partial charge is 0.131 e. The van der Waals surface area contributed by atoms with E-state index in [2.05, 4.69) is 0 Å². The molecule has 1 nitrogen and oxygen atoms in total. The van der Waals surface area contributed by atoms with Gasteiger partial charge in [-0.2, -0.15) is 0 Å². The van der Waals surface area contributed by atoms with Crippen LogP contribution >= 0.6 is 11.6 Å². The molecule has 0 unspecified atom stereocenters. The van der Waals surface area contributed by atoms with Gasteiger partial charge in [0.2, 0.25) is 0 Å². The number of phenolic OH excluding ortho intramolecular Hbond substituents is 1. The molecule has 0 aliphatic heterocycles. The van der Waals surface area contributed by atoms with Gasteiger partial charge in [0.1, 0.15) is 11.6 Å². The van der Waals surface area contributed by atoms with Crippen LogP contribution in [0.15, 0.2) is 54.6 Å². The van der Waals surface area contributed by atoms with E-state index < -0.39 is 0 Å². The average Bonchev–Trinajstić information content (AvgIpc) is 2.44. The molecule has 3 aromatic carbocycles. The SMILES string of the molecule is Oc1c(-c2ccccc2F)cc(Cl)c2ccccc12. The number of benzene rings is 3. The molecule has 1 N–H and O–H groups in total. The van der Waals surface area contributed by atoms with Crippen LogP contribution in [0.25, 0.3) is 21.9 Å². The molecule has 3 aromatic rings. The van der Waals surface area contributed by atoms with Gasteiger partial charge in [0.05, 0.1) is 0 Å². The number of halogens is 2. The molecule has 0 heterocycles. The molecule has 19 heavy (non-hydrogen) atoms. The topological polar surface area (TPSA) is 20.2 Å². The van der Waals surface area contributed by atoms with Crippen LogP contribution in [0.2, 0.25) is 5.02 Å². The molecule has 3 heteroatoms. The molecule has 0 radical (unpaired) electrons. The van der Waals surface area contributed by atoms with Crippen molar-refractivity contribution < 1.29 is 9.50 Å². The second-order valence-corrected chi connectivity index (χ2v) is 4.69. The van der Waals surface area contributed by atoms with Crippen molar-refractivity contribution in [1.82, 2.24) is 0 Å². The molecule has 94 valence electrons. The second kappa shape index (κ2) is 4.56. The fraction of sp³-hybridized carbons (Fsp3) is 0. The molecular weight excluding hydrogens is 263 g/mol. The Hall–Kier alpha value is -2.06. The van der Waals surface area contributed by atoms with E-state index in [0.29, 0.717) is 21.5 Å². The Kier molecular flexibility index (Phi) is 2.88. The summed E-state index contributed by atoms with van der Waals surface area (Å²) < 4.78 is 13.8. The monoisotopic (exact) mass is 272 g/mol. The first-order chi connectivity index (χ1) is 9.18. The number of aromatic hydroxyl groups is 1. The first kappa shape index (κ1) is 12.0. The molecule has 3 rings (SSSR count). The first-order valence-corrected chi connectivity index (χ1v) is 6.21. The molecule has 0 fully saturated rings. The van der Waals surface area contributed by atoms with E-state index in [0.717, 1.165) is 5.39 Å². The molecule has 0 amide bonds. The predicted octanol–water partition coefficient (Wildman–Crippen LogP) is 5.00. The Balaban J connectivity index is 2.38. The van der Waals surface area contributed by atoms with E-state index in [1.54, 1.807) is 30.3 Å². The summed E-state index contributed by atoms with van der Waals surface area (Å²) in [7, 11) is 0. The standard InChI is InChI=1S/C16H10ClFO/c17-14-9-13(11-6-3-4-8-15(11)18)16(19)12-7-2-1-5-10(12)14/h1-9,19H. The Morgan fingerprint density at radius 2 is 1.47 bits per heavy atom. The van der Waals surface area contributed by atoms with Crippen molar-refractivity contribution >= 4 is 22.4 Å². The van der Waals surface area contributed by atoms with Crippen molar-refractivity contribution in [2.24, 2.45) is 0 Å². The normalized spacial score (nSPS) is 10.8. The summed E-state index contributed by atoms with van der Waals surface area (Å²) in [6.07, 6.45) is 0. The van der Waals surface area contributed by atoms with Gasteiger partial charge in [0.15, 0.2) is 0 Å². The summed E-state index contributed by atoms with van der Waals surface area (Å²) in [5.74, 6) is -0.339. The van der Waals surface area contributed by atoms with E-state index in [9.17, 15) is 9.50 Å². The van der Waals surface area contributed by atoms with Gasteiger partial charge in [-0.15, -0.1) is 0 Å². The van der Waals surface area contributed by atoms with Crippen LogP contribution in [0.1, 0.15) is 0 Å². The maximum absolute atomic E-state index is 13.8. The van der Waals surface area contributed by atoms with Crippen molar-refractivity contribution in [3.8, 4) is 16.9 Å². The first-order valence-electron chi connectivity index (χ1n) is 5.83. The summed E-state index contributed by atoms with van der Waals surface area (Å²) in [5.41, 5.74) is 0.745. The number of phenols is 1. The number of hydrogen-bond acceptors (Lipinski definition) is 1. The lowest BCUT2D eigenvalue weighted by Gasteiger charge is -2.10. The molecule has 0 spiro atoms. The number of rotatable bonds is 1. The van der Waals surface area contributed by atoms with Gasteiger partial charge in [-0.05, 0) is 12.1 Å². The van der Waals surface area contributed by atoms with Crippen LogP contribution in [0.4, 0.5) is 4.39 Å². The highest BCUT2D eigenvalue weighted by Crippen LogP contribution is 2.40. The third kappa shape index (κ3) is 1.94. The van der Waals surface area contributed by atoms with Crippen LogP contribution in [-0.2, 0) is 0 Å². The quantitative estimate of drug-likeness (QED) is 0.660. The Labute approximate surface area is 114 Å². The average molecular weight is 273 g/mol. The minimum absolute atomic E-state index is 0.0464. The lowest BCUT2D eigenvalue weighted by Crippen LogP contribution is -1.86. The lowest BCUT2D eigenvalue weighted by molar-refractivity contribution is 0.483. The van der Waals surface area contributed by atoms with Gasteiger partial charge in [-0.3, -0.25) is 0 Å². The third-order valence-electron chi connectivity index (χ3n) is 3.13. The molecule has 0 aliphatic carbocycles. The highest BCUT2D eigenvalue weighted by molar-refractivity contribution is 6.36. The van der Waals surface area contributed by atoms with Gasteiger partial charge < -0.3 is 5.11 Å². The van der Waals surface area contributed by atoms with E-state index in [1.807, 2.05) is 18.2 Å². The van der Waals surface area contributed by atoms with Crippen LogP contribution in [-0.4, -0.2) is 5.11 Å². The maximum atomic E-state index is 13.8. The van der Waals surface area contributed by atoms with Gasteiger partial charge in [0.25, 0.3) is 0 Å². The summed E-state index contributed by atoms with van der Waals surface area (Å²) in [5, 5.41) is 12.2. The molecule has 0 saturated heterocycles. The van der Waals surface area contributed by atoms with Gasteiger partial charge in [0, 0.05) is 26.9 Å². The van der Waals surface area contributed by atoms with Crippen LogP contribution in [0.5, 0.6) is 5.75 Å². The maximum Gasteiger partial charge on any atom is 0.131 e. The summed E-state index contributed by atoms with van der Waals surface area (Å²) in [6, 6.07) is 15.1. The Morgan fingerprint density at radius 1 is 0.842 bits per heavy atom. The molecule has 0 aromatic heterocycles. The zero-order valence-corrected chi connectivity index (χ0v) is 10.7. The molecule has 0 saturated carbocycles. The van der Waals surface area contributed by atoms with Gasteiger partial charge in [-0.25, -0.2) is 4.39 Å². The van der Waals surface area contributed by atoms with Crippen molar-refractivity contribution in [3.63, 3.8) is 0 Å². The van der Waals surface area contributed by atoms with E-state index in [-0.39, 0.29) is 11.6 Å². The van der Waals surface area contributed by atoms with E-state index in [4.69, 9.17) is 11.6 Å². The van der Waals surface area contributed by atoms with Crippen molar-refractivity contribution in [1.29, 1.82) is 0 Å². The number of hydrogen-bond donors (Lipinski definition) is 1. The Morgan fingerprint density at radius 3 is 2.21 bits per heavy atom. The van der Waals surface area contributed by atoms with Gasteiger partial charge >= 0.3 is 0 Å². The molecule has 0 aliphatic rings. The van der Waals surface area contributed by atoms with Crippen molar-refractivity contribution in [3.05, 3.63) is 65.4 Å². The summed E-state index contributed by atoms with van der Waals surface area (Å²) >= 11 is 6.20. The third-order valence-corrected chi connectivity index (χ3v) is 3.44. The fourth-order valence-electron chi connectivity index (χ4n) is 2.20. The van der Waals surface area contributed by atoms with Crippen LogP contribution < -0.4 is 0 Å². The minimum Gasteiger partial charge on any atom is -0.507 e. The zero-order valence-electron chi connectivity index (χ0n) is 9.90. The molecule has 0 atom stereocenters. The van der Waals surface area contributed by atoms with Crippen LogP contribution in [0, 0.1) is 5.82 Å². The summed E-state index contributed by atoms with van der Waals surface area (Å²) in [4.78, 5) is 0. The highest BCUT2D eigenvalue weighted by Gasteiger charge is 2.14. The second-order valence-electron chi connectivity index (χ2n) is 4.28. The lowest BCUT2D eigenvalue weighted by atomic mass is 9.99. The Bertz CT molecular complexity index is 768. The zero-order chi connectivity index (χ0) is 13.4. The van der Waals surface area contributed by atoms with Crippen LogP contribution in [0.3, 0.4) is 0 Å². The fourth-order valence-corrected chi connectivity index (χ4v) is 2.47. The van der Waals surface area contributed by atoms with E-state index in [1.165, 1.54) is 6.07 Å². The molecular formula is C16H10ClFO. The highest BCUT2D eigenvalue weighted by atomic mass is 35.5. The van der Waals surface area contributed by atoms with Crippen molar-refractivity contribution in [2.75, 3.05) is 0 Å².